The zero-order chi connectivity index (χ0) is 14.3. The van der Waals surface area contributed by atoms with E-state index in [-0.39, 0.29) is 12.0 Å². The normalized spacial score (nSPS) is 24.8. The second-order valence-electron chi connectivity index (χ2n) is 5.34. The van der Waals surface area contributed by atoms with Gasteiger partial charge in [0.15, 0.2) is 0 Å². The zero-order valence-electron chi connectivity index (χ0n) is 11.1. The Morgan fingerprint density at radius 3 is 2.45 bits per heavy atom. The number of Topliss-reactive ketones (excluding diaryl/α,β-unsaturated/α-hetero) is 1. The largest absolute Gasteiger partial charge is 0.385 e. The fourth-order valence-electron chi connectivity index (χ4n) is 2.72. The lowest BCUT2D eigenvalue weighted by Gasteiger charge is -2.22. The summed E-state index contributed by atoms with van der Waals surface area (Å²) in [5.74, 6) is -0.624. The molecule has 0 radical (unpaired) electrons. The molecule has 20 heavy (non-hydrogen) atoms. The molecule has 3 rings (SSSR count). The number of benzene rings is 2. The molecule has 0 saturated carbocycles. The summed E-state index contributed by atoms with van der Waals surface area (Å²) in [6, 6.07) is 13.9. The number of aliphatic hydroxyl groups is 1. The van der Waals surface area contributed by atoms with Gasteiger partial charge in [0.25, 0.3) is 0 Å². The molecule has 0 aromatic heterocycles. The van der Waals surface area contributed by atoms with E-state index >= 15 is 4.39 Å². The maximum Gasteiger partial charge on any atom is 0.207 e. The fourth-order valence-corrected chi connectivity index (χ4v) is 2.72. The van der Waals surface area contributed by atoms with Crippen LogP contribution in [0.25, 0.3) is 0 Å². The summed E-state index contributed by atoms with van der Waals surface area (Å²) in [5, 5.41) is 10.2. The van der Waals surface area contributed by atoms with Gasteiger partial charge in [0.1, 0.15) is 6.10 Å². The Labute approximate surface area is 116 Å². The van der Waals surface area contributed by atoms with E-state index in [0.29, 0.717) is 11.1 Å². The van der Waals surface area contributed by atoms with Crippen molar-refractivity contribution in [1.82, 2.24) is 0 Å². The summed E-state index contributed by atoms with van der Waals surface area (Å²) in [6.45, 7) is 1.94. The van der Waals surface area contributed by atoms with Crippen LogP contribution in [-0.2, 0) is 6.42 Å². The van der Waals surface area contributed by atoms with Gasteiger partial charge in [-0.3, -0.25) is 4.79 Å². The number of aliphatic hydroxyl groups excluding tert-OH is 1. The van der Waals surface area contributed by atoms with E-state index in [4.69, 9.17) is 0 Å². The van der Waals surface area contributed by atoms with Crippen molar-refractivity contribution in [1.29, 1.82) is 0 Å². The highest BCUT2D eigenvalue weighted by Crippen LogP contribution is 2.43. The lowest BCUT2D eigenvalue weighted by atomic mass is 9.90. The average Bonchev–Trinajstić information content (AvgIpc) is 2.65. The molecule has 1 aliphatic rings. The first-order valence-electron chi connectivity index (χ1n) is 6.58. The standard InChI is InChI=1S/C17H15FO2/c1-11-6-8-12(9-7-11)10-17(18)15(19)13-4-2-3-5-14(13)16(17)20/h2-9,15,19H,10H2,1H3. The first-order valence-corrected chi connectivity index (χ1v) is 6.58. The van der Waals surface area contributed by atoms with Gasteiger partial charge in [-0.25, -0.2) is 4.39 Å². The average molecular weight is 270 g/mol. The lowest BCUT2D eigenvalue weighted by Crippen LogP contribution is -2.36. The van der Waals surface area contributed by atoms with Crippen LogP contribution in [0.5, 0.6) is 0 Å². The van der Waals surface area contributed by atoms with Crippen molar-refractivity contribution < 1.29 is 14.3 Å². The summed E-state index contributed by atoms with van der Waals surface area (Å²) < 4.78 is 15.1. The molecule has 2 aromatic rings. The molecule has 0 saturated heterocycles. The van der Waals surface area contributed by atoms with E-state index in [1.165, 1.54) is 0 Å². The van der Waals surface area contributed by atoms with E-state index < -0.39 is 17.6 Å². The predicted octanol–water partition coefficient (Wildman–Crippen LogP) is 3.18. The molecule has 2 nitrogen and oxygen atoms in total. The third-order valence-electron chi connectivity index (χ3n) is 3.89. The number of ketones is 1. The van der Waals surface area contributed by atoms with Crippen LogP contribution in [-0.4, -0.2) is 16.6 Å². The minimum absolute atomic E-state index is 0.109. The van der Waals surface area contributed by atoms with E-state index in [1.807, 2.05) is 19.1 Å². The predicted molar refractivity (Wildman–Crippen MR) is 74.5 cm³/mol. The van der Waals surface area contributed by atoms with Crippen LogP contribution in [0.2, 0.25) is 0 Å². The van der Waals surface area contributed by atoms with Gasteiger partial charge in [0.2, 0.25) is 11.5 Å². The number of hydrogen-bond donors (Lipinski definition) is 1. The Kier molecular flexibility index (Phi) is 2.94. The molecule has 1 N–H and O–H groups in total. The van der Waals surface area contributed by atoms with Crippen molar-refractivity contribution in [3.63, 3.8) is 0 Å². The maximum absolute atomic E-state index is 15.1. The molecule has 2 aromatic carbocycles. The van der Waals surface area contributed by atoms with Crippen molar-refractivity contribution in [2.75, 3.05) is 0 Å². The number of alkyl halides is 1. The van der Waals surface area contributed by atoms with E-state index in [1.54, 1.807) is 36.4 Å². The van der Waals surface area contributed by atoms with Gasteiger partial charge in [-0.1, -0.05) is 54.1 Å². The van der Waals surface area contributed by atoms with Gasteiger partial charge in [-0.05, 0) is 18.1 Å². The second kappa shape index (κ2) is 4.53. The second-order valence-corrected chi connectivity index (χ2v) is 5.34. The smallest absolute Gasteiger partial charge is 0.207 e. The molecule has 0 spiro atoms. The van der Waals surface area contributed by atoms with Gasteiger partial charge in [0, 0.05) is 12.0 Å². The van der Waals surface area contributed by atoms with Gasteiger partial charge in [-0.2, -0.15) is 0 Å². The van der Waals surface area contributed by atoms with Crippen molar-refractivity contribution in [2.45, 2.75) is 25.1 Å². The molecule has 0 aliphatic heterocycles. The van der Waals surface area contributed by atoms with E-state index in [2.05, 4.69) is 0 Å². The minimum atomic E-state index is -2.26. The molecule has 1 aliphatic carbocycles. The molecule has 102 valence electrons. The van der Waals surface area contributed by atoms with Crippen LogP contribution < -0.4 is 0 Å². The van der Waals surface area contributed by atoms with Crippen LogP contribution in [0, 0.1) is 6.92 Å². The van der Waals surface area contributed by atoms with Gasteiger partial charge < -0.3 is 5.11 Å². The fraction of sp³-hybridized carbons (Fsp3) is 0.235. The highest BCUT2D eigenvalue weighted by atomic mass is 19.1. The van der Waals surface area contributed by atoms with Crippen LogP contribution in [0.15, 0.2) is 48.5 Å². The SMILES string of the molecule is Cc1ccc(CC2(F)C(=O)c3ccccc3C2O)cc1. The number of aryl methyl sites for hydroxylation is 1. The van der Waals surface area contributed by atoms with Crippen LogP contribution in [0.1, 0.15) is 33.2 Å². The first-order chi connectivity index (χ1) is 9.52. The van der Waals surface area contributed by atoms with Crippen LogP contribution in [0.3, 0.4) is 0 Å². The molecule has 0 fully saturated rings. The number of carbonyl (C=O) groups is 1. The Balaban J connectivity index is 1.97. The number of hydrogen-bond acceptors (Lipinski definition) is 2. The first kappa shape index (κ1) is 13.0. The zero-order valence-corrected chi connectivity index (χ0v) is 11.1. The summed E-state index contributed by atoms with van der Waals surface area (Å²) >= 11 is 0. The van der Waals surface area contributed by atoms with Crippen molar-refractivity contribution >= 4 is 5.78 Å². The Hall–Kier alpha value is -2.00. The van der Waals surface area contributed by atoms with Gasteiger partial charge in [-0.15, -0.1) is 0 Å². The summed E-state index contributed by atoms with van der Waals surface area (Å²) in [5.41, 5.74) is 0.183. The Bertz CT molecular complexity index is 663. The minimum Gasteiger partial charge on any atom is -0.385 e. The van der Waals surface area contributed by atoms with Gasteiger partial charge in [0.05, 0.1) is 0 Å². The highest BCUT2D eigenvalue weighted by molar-refractivity contribution is 6.07. The van der Waals surface area contributed by atoms with E-state index in [9.17, 15) is 9.90 Å². The molecule has 2 atom stereocenters. The summed E-state index contributed by atoms with van der Waals surface area (Å²) in [6.07, 6.45) is -1.50. The molecule has 0 bridgehead atoms. The number of halogens is 1. The van der Waals surface area contributed by atoms with Crippen molar-refractivity contribution in [2.24, 2.45) is 0 Å². The topological polar surface area (TPSA) is 37.3 Å². The molecule has 2 unspecified atom stereocenters. The number of fused-ring (bicyclic) bond motifs is 1. The number of carbonyl (C=O) groups excluding carboxylic acids is 1. The summed E-state index contributed by atoms with van der Waals surface area (Å²) in [4.78, 5) is 12.3. The maximum atomic E-state index is 15.1. The van der Waals surface area contributed by atoms with Gasteiger partial charge >= 0.3 is 0 Å². The third kappa shape index (κ3) is 1.86. The van der Waals surface area contributed by atoms with Crippen molar-refractivity contribution in [3.8, 4) is 0 Å². The summed E-state index contributed by atoms with van der Waals surface area (Å²) in [7, 11) is 0. The van der Waals surface area contributed by atoms with Crippen molar-refractivity contribution in [3.05, 3.63) is 70.8 Å². The molecule has 3 heteroatoms. The monoisotopic (exact) mass is 270 g/mol. The highest BCUT2D eigenvalue weighted by Gasteiger charge is 2.53. The Morgan fingerprint density at radius 1 is 1.15 bits per heavy atom. The molecule has 0 amide bonds. The number of rotatable bonds is 2. The lowest BCUT2D eigenvalue weighted by molar-refractivity contribution is 0.0100. The van der Waals surface area contributed by atoms with E-state index in [0.717, 1.165) is 5.56 Å². The van der Waals surface area contributed by atoms with Crippen LogP contribution in [0.4, 0.5) is 4.39 Å². The third-order valence-corrected chi connectivity index (χ3v) is 3.89. The quantitative estimate of drug-likeness (QED) is 0.910. The Morgan fingerprint density at radius 2 is 1.80 bits per heavy atom. The molecular formula is C17H15FO2. The molecule has 0 heterocycles. The molecular weight excluding hydrogens is 255 g/mol. The van der Waals surface area contributed by atoms with Crippen LogP contribution >= 0.6 is 0 Å².